The lowest BCUT2D eigenvalue weighted by atomic mass is 10.1. The third-order valence-electron chi connectivity index (χ3n) is 1.65. The summed E-state index contributed by atoms with van der Waals surface area (Å²) in [4.78, 5) is 0. The molecule has 0 heterocycles. The number of halogens is 4. The molecule has 0 amide bonds. The molecule has 1 nitrogen and oxygen atoms in total. The molecule has 0 aliphatic rings. The summed E-state index contributed by atoms with van der Waals surface area (Å²) in [6.07, 6.45) is -4.73. The molecule has 0 aromatic heterocycles. The van der Waals surface area contributed by atoms with Gasteiger partial charge in [0.2, 0.25) is 0 Å². The summed E-state index contributed by atoms with van der Waals surface area (Å²) in [6.45, 7) is 0. The van der Waals surface area contributed by atoms with Crippen LogP contribution in [0.15, 0.2) is 18.2 Å². The zero-order valence-corrected chi connectivity index (χ0v) is 7.65. The molecule has 1 aromatic carbocycles. The molecule has 0 aliphatic carbocycles. The molecule has 0 N–H and O–H groups in total. The maximum atomic E-state index is 12.4. The number of rotatable bonds is 1. The van der Waals surface area contributed by atoms with Crippen LogP contribution >= 0.6 is 11.6 Å². The molecule has 5 heteroatoms. The number of hydrogen-bond donors (Lipinski definition) is 0. The van der Waals surface area contributed by atoms with Crippen molar-refractivity contribution in [2.24, 2.45) is 0 Å². The highest BCUT2D eigenvalue weighted by atomic mass is 35.5. The summed E-state index contributed by atoms with van der Waals surface area (Å²) in [6, 6.07) is 5.05. The van der Waals surface area contributed by atoms with Crippen molar-refractivity contribution in [2.75, 3.05) is 0 Å². The minimum Gasteiger partial charge on any atom is -0.198 e. The first-order valence-corrected chi connectivity index (χ1v) is 4.05. The molecule has 0 spiro atoms. The number of nitriles is 1. The predicted molar refractivity (Wildman–Crippen MR) is 45.8 cm³/mol. The predicted octanol–water partition coefficient (Wildman–Crippen LogP) is 3.42. The highest BCUT2D eigenvalue weighted by Gasteiger charge is 2.33. The van der Waals surface area contributed by atoms with Gasteiger partial charge in [0, 0.05) is 5.02 Å². The number of hydrogen-bond acceptors (Lipinski definition) is 1. The van der Waals surface area contributed by atoms with Crippen molar-refractivity contribution in [3.05, 3.63) is 34.3 Å². The molecule has 0 atom stereocenters. The van der Waals surface area contributed by atoms with Gasteiger partial charge in [0.1, 0.15) is 0 Å². The quantitative estimate of drug-likeness (QED) is 0.710. The Morgan fingerprint density at radius 1 is 1.36 bits per heavy atom. The first kappa shape index (κ1) is 10.9. The van der Waals surface area contributed by atoms with Crippen LogP contribution in [0.1, 0.15) is 11.1 Å². The van der Waals surface area contributed by atoms with E-state index >= 15 is 0 Å². The maximum Gasteiger partial charge on any atom is 0.416 e. The molecule has 0 aliphatic heterocycles. The molecule has 0 saturated carbocycles. The van der Waals surface area contributed by atoms with Gasteiger partial charge in [-0.1, -0.05) is 17.7 Å². The van der Waals surface area contributed by atoms with Gasteiger partial charge in [-0.15, -0.1) is 0 Å². The van der Waals surface area contributed by atoms with Crippen LogP contribution in [0, 0.1) is 11.3 Å². The van der Waals surface area contributed by atoms with Gasteiger partial charge in [-0.05, 0) is 17.7 Å². The van der Waals surface area contributed by atoms with Crippen molar-refractivity contribution >= 4 is 11.6 Å². The van der Waals surface area contributed by atoms with Crippen molar-refractivity contribution in [1.29, 1.82) is 5.26 Å². The molecule has 0 saturated heterocycles. The highest BCUT2D eigenvalue weighted by Crippen LogP contribution is 2.33. The Kier molecular flexibility index (Phi) is 3.02. The van der Waals surface area contributed by atoms with E-state index in [0.29, 0.717) is 0 Å². The summed E-state index contributed by atoms with van der Waals surface area (Å²) in [5, 5.41) is 8.34. The van der Waals surface area contributed by atoms with E-state index in [1.807, 2.05) is 0 Å². The minimum absolute atomic E-state index is 0.0130. The fraction of sp³-hybridized carbons (Fsp3) is 0.222. The van der Waals surface area contributed by atoms with Gasteiger partial charge in [0.05, 0.1) is 18.1 Å². The second-order valence-corrected chi connectivity index (χ2v) is 3.07. The topological polar surface area (TPSA) is 23.8 Å². The zero-order chi connectivity index (χ0) is 10.8. The van der Waals surface area contributed by atoms with Gasteiger partial charge < -0.3 is 0 Å². The lowest BCUT2D eigenvalue weighted by Crippen LogP contribution is -2.08. The van der Waals surface area contributed by atoms with Gasteiger partial charge in [0.15, 0.2) is 0 Å². The molecule has 74 valence electrons. The summed E-state index contributed by atoms with van der Waals surface area (Å²) < 4.78 is 37.2. The lowest BCUT2D eigenvalue weighted by Gasteiger charge is -2.10. The molecule has 1 aromatic rings. The van der Waals surface area contributed by atoms with Crippen molar-refractivity contribution < 1.29 is 13.2 Å². The molecule has 0 fully saturated rings. The molecule has 0 unspecified atom stereocenters. The lowest BCUT2D eigenvalue weighted by molar-refractivity contribution is -0.138. The summed E-state index contributed by atoms with van der Waals surface area (Å²) in [5.74, 6) is 0. The van der Waals surface area contributed by atoms with Crippen LogP contribution in [0.3, 0.4) is 0 Å². The monoisotopic (exact) mass is 219 g/mol. The van der Waals surface area contributed by atoms with Crippen molar-refractivity contribution in [3.8, 4) is 6.07 Å². The summed E-state index contributed by atoms with van der Waals surface area (Å²) >= 11 is 5.44. The minimum atomic E-state index is -4.46. The Bertz CT molecular complexity index is 379. The van der Waals surface area contributed by atoms with Crippen LogP contribution in [0.25, 0.3) is 0 Å². The van der Waals surface area contributed by atoms with Crippen LogP contribution in [-0.2, 0) is 12.6 Å². The van der Waals surface area contributed by atoms with Crippen molar-refractivity contribution in [2.45, 2.75) is 12.6 Å². The average molecular weight is 220 g/mol. The summed E-state index contributed by atoms with van der Waals surface area (Å²) in [5.41, 5.74) is -0.893. The van der Waals surface area contributed by atoms with Crippen LogP contribution in [0.2, 0.25) is 5.02 Å². The van der Waals surface area contributed by atoms with Crippen LogP contribution in [0.5, 0.6) is 0 Å². The fourth-order valence-corrected chi connectivity index (χ4v) is 1.22. The Labute approximate surface area is 83.7 Å². The van der Waals surface area contributed by atoms with Gasteiger partial charge in [-0.3, -0.25) is 0 Å². The molecular formula is C9H5ClF3N. The van der Waals surface area contributed by atoms with E-state index in [0.717, 1.165) is 6.07 Å². The average Bonchev–Trinajstić information content (AvgIpc) is 2.07. The van der Waals surface area contributed by atoms with Gasteiger partial charge in [-0.2, -0.15) is 18.4 Å². The van der Waals surface area contributed by atoms with Gasteiger partial charge in [0.25, 0.3) is 0 Å². The van der Waals surface area contributed by atoms with E-state index in [1.165, 1.54) is 12.1 Å². The van der Waals surface area contributed by atoms with Crippen LogP contribution in [0.4, 0.5) is 13.2 Å². The normalized spacial score (nSPS) is 11.1. The SMILES string of the molecule is N#CCc1ccc(Cl)cc1C(F)(F)F. The number of nitrogens with zero attached hydrogens (tertiary/aromatic N) is 1. The fourth-order valence-electron chi connectivity index (χ4n) is 1.05. The smallest absolute Gasteiger partial charge is 0.198 e. The third kappa shape index (κ3) is 2.39. The van der Waals surface area contributed by atoms with Crippen LogP contribution in [-0.4, -0.2) is 0 Å². The van der Waals surface area contributed by atoms with E-state index in [2.05, 4.69) is 0 Å². The third-order valence-corrected chi connectivity index (χ3v) is 1.88. The number of benzene rings is 1. The first-order chi connectivity index (χ1) is 6.45. The Hall–Kier alpha value is -1.21. The van der Waals surface area contributed by atoms with E-state index in [4.69, 9.17) is 16.9 Å². The zero-order valence-electron chi connectivity index (χ0n) is 6.90. The van der Waals surface area contributed by atoms with Gasteiger partial charge >= 0.3 is 6.18 Å². The standard InChI is InChI=1S/C9H5ClF3N/c10-7-2-1-6(3-4-14)8(5-7)9(11,12)13/h1-2,5H,3H2. The van der Waals surface area contributed by atoms with E-state index in [9.17, 15) is 13.2 Å². The second-order valence-electron chi connectivity index (χ2n) is 2.63. The Balaban J connectivity index is 3.24. The largest absolute Gasteiger partial charge is 0.416 e. The number of alkyl halides is 3. The first-order valence-electron chi connectivity index (χ1n) is 3.67. The van der Waals surface area contributed by atoms with Crippen LogP contribution < -0.4 is 0 Å². The Morgan fingerprint density at radius 3 is 2.50 bits per heavy atom. The summed E-state index contributed by atoms with van der Waals surface area (Å²) in [7, 11) is 0. The molecule has 0 radical (unpaired) electrons. The van der Waals surface area contributed by atoms with Gasteiger partial charge in [-0.25, -0.2) is 0 Å². The maximum absolute atomic E-state index is 12.4. The highest BCUT2D eigenvalue weighted by molar-refractivity contribution is 6.30. The van der Waals surface area contributed by atoms with Crippen molar-refractivity contribution in [3.63, 3.8) is 0 Å². The Morgan fingerprint density at radius 2 is 2.00 bits per heavy atom. The second kappa shape index (κ2) is 3.89. The molecule has 1 rings (SSSR count). The van der Waals surface area contributed by atoms with Crippen molar-refractivity contribution in [1.82, 2.24) is 0 Å². The molecule has 14 heavy (non-hydrogen) atoms. The van der Waals surface area contributed by atoms with E-state index < -0.39 is 11.7 Å². The molecular weight excluding hydrogens is 215 g/mol. The van der Waals surface area contributed by atoms with E-state index in [1.54, 1.807) is 6.07 Å². The molecule has 0 bridgehead atoms. The van der Waals surface area contributed by atoms with E-state index in [-0.39, 0.29) is 17.0 Å².